The fourth-order valence-corrected chi connectivity index (χ4v) is 3.72. The van der Waals surface area contributed by atoms with Gasteiger partial charge in [-0.1, -0.05) is 12.1 Å². The molecule has 6 nitrogen and oxygen atoms in total. The Balaban J connectivity index is 1.52. The molecule has 2 N–H and O–H groups in total. The van der Waals surface area contributed by atoms with E-state index in [2.05, 4.69) is 27.3 Å². The molecule has 0 radical (unpaired) electrons. The van der Waals surface area contributed by atoms with Crippen LogP contribution in [0.25, 0.3) is 0 Å². The third-order valence-corrected chi connectivity index (χ3v) is 5.18. The van der Waals surface area contributed by atoms with Gasteiger partial charge in [-0.3, -0.25) is 9.69 Å². The molecule has 0 amide bonds. The van der Waals surface area contributed by atoms with Crippen LogP contribution < -0.4 is 15.6 Å². The number of ether oxygens (including phenoxy) is 1. The van der Waals surface area contributed by atoms with Crippen molar-refractivity contribution >= 4 is 0 Å². The van der Waals surface area contributed by atoms with Gasteiger partial charge in [-0.2, -0.15) is 0 Å². The highest BCUT2D eigenvalue weighted by Crippen LogP contribution is 2.22. The number of fused-ring (bicyclic) bond motifs is 1. The molecule has 1 atom stereocenters. The number of aromatic amines is 1. The average molecular weight is 340 g/mol. The summed E-state index contributed by atoms with van der Waals surface area (Å²) >= 11 is 0. The van der Waals surface area contributed by atoms with Crippen LogP contribution in [0.15, 0.2) is 29.1 Å². The van der Waals surface area contributed by atoms with Crippen LogP contribution in [0.5, 0.6) is 5.75 Å². The highest BCUT2D eigenvalue weighted by Gasteiger charge is 2.25. The lowest BCUT2D eigenvalue weighted by molar-refractivity contribution is 0.239. The maximum atomic E-state index is 12.4. The maximum Gasteiger partial charge on any atom is 0.254 e. The Morgan fingerprint density at radius 3 is 2.88 bits per heavy atom. The SMILES string of the molecule is COc1ccc(CN2CCc3c(nc([C@H]4CCNC4)[nH]c3=O)C2)cc1. The molecule has 25 heavy (non-hydrogen) atoms. The third-order valence-electron chi connectivity index (χ3n) is 5.18. The van der Waals surface area contributed by atoms with E-state index >= 15 is 0 Å². The highest BCUT2D eigenvalue weighted by atomic mass is 16.5. The second-order valence-corrected chi connectivity index (χ2v) is 6.87. The molecule has 1 aromatic carbocycles. The minimum Gasteiger partial charge on any atom is -0.497 e. The van der Waals surface area contributed by atoms with Crippen LogP contribution in [-0.2, 0) is 19.5 Å². The summed E-state index contributed by atoms with van der Waals surface area (Å²) in [5.41, 5.74) is 3.11. The molecule has 1 aromatic heterocycles. The number of benzene rings is 1. The number of methoxy groups -OCH3 is 1. The van der Waals surface area contributed by atoms with Gasteiger partial charge in [0.2, 0.25) is 0 Å². The molecule has 1 fully saturated rings. The zero-order valence-electron chi connectivity index (χ0n) is 14.5. The van der Waals surface area contributed by atoms with Gasteiger partial charge < -0.3 is 15.0 Å². The van der Waals surface area contributed by atoms with Gasteiger partial charge in [0, 0.05) is 37.7 Å². The van der Waals surface area contributed by atoms with Gasteiger partial charge in [-0.05, 0) is 37.1 Å². The second-order valence-electron chi connectivity index (χ2n) is 6.87. The smallest absolute Gasteiger partial charge is 0.254 e. The highest BCUT2D eigenvalue weighted by molar-refractivity contribution is 5.28. The molecule has 2 aliphatic heterocycles. The van der Waals surface area contributed by atoms with Gasteiger partial charge in [-0.15, -0.1) is 0 Å². The Kier molecular flexibility index (Phi) is 4.55. The van der Waals surface area contributed by atoms with Gasteiger partial charge in [-0.25, -0.2) is 4.98 Å². The van der Waals surface area contributed by atoms with Crippen LogP contribution in [0.3, 0.4) is 0 Å². The molecule has 4 rings (SSSR count). The maximum absolute atomic E-state index is 12.4. The van der Waals surface area contributed by atoms with E-state index in [0.29, 0.717) is 5.92 Å². The molecular formula is C19H24N4O2. The molecular weight excluding hydrogens is 316 g/mol. The van der Waals surface area contributed by atoms with Crippen LogP contribution in [0.2, 0.25) is 0 Å². The van der Waals surface area contributed by atoms with E-state index in [9.17, 15) is 4.79 Å². The minimum absolute atomic E-state index is 0.0518. The van der Waals surface area contributed by atoms with Gasteiger partial charge in [0.1, 0.15) is 11.6 Å². The van der Waals surface area contributed by atoms with Crippen molar-refractivity contribution in [3.63, 3.8) is 0 Å². The molecule has 0 aliphatic carbocycles. The molecule has 0 saturated carbocycles. The predicted molar refractivity (Wildman–Crippen MR) is 95.9 cm³/mol. The summed E-state index contributed by atoms with van der Waals surface area (Å²) in [6.45, 7) is 4.37. The lowest BCUT2D eigenvalue weighted by atomic mass is 10.0. The lowest BCUT2D eigenvalue weighted by Gasteiger charge is -2.28. The van der Waals surface area contributed by atoms with Crippen molar-refractivity contribution in [3.8, 4) is 5.75 Å². The zero-order valence-corrected chi connectivity index (χ0v) is 14.5. The van der Waals surface area contributed by atoms with Crippen LogP contribution in [0, 0.1) is 0 Å². The van der Waals surface area contributed by atoms with E-state index in [1.54, 1.807) is 7.11 Å². The van der Waals surface area contributed by atoms with E-state index in [1.807, 2.05) is 12.1 Å². The first-order valence-electron chi connectivity index (χ1n) is 8.91. The van der Waals surface area contributed by atoms with E-state index in [0.717, 1.165) is 68.4 Å². The van der Waals surface area contributed by atoms with E-state index in [4.69, 9.17) is 9.72 Å². The molecule has 0 unspecified atom stereocenters. The van der Waals surface area contributed by atoms with Crippen LogP contribution in [-0.4, -0.2) is 41.6 Å². The first-order chi connectivity index (χ1) is 12.2. The molecule has 0 bridgehead atoms. The van der Waals surface area contributed by atoms with E-state index in [-0.39, 0.29) is 5.56 Å². The second kappa shape index (κ2) is 6.98. The predicted octanol–water partition coefficient (Wildman–Crippen LogP) is 1.41. The van der Waals surface area contributed by atoms with Gasteiger partial charge in [0.25, 0.3) is 5.56 Å². The number of nitrogens with one attached hydrogen (secondary N) is 2. The lowest BCUT2D eigenvalue weighted by Crippen LogP contribution is -2.35. The van der Waals surface area contributed by atoms with Crippen molar-refractivity contribution in [2.24, 2.45) is 0 Å². The van der Waals surface area contributed by atoms with Gasteiger partial charge in [0.05, 0.1) is 12.8 Å². The number of aromatic nitrogens is 2. The van der Waals surface area contributed by atoms with Crippen molar-refractivity contribution in [1.29, 1.82) is 0 Å². The quantitative estimate of drug-likeness (QED) is 0.881. The van der Waals surface area contributed by atoms with Crippen molar-refractivity contribution in [2.75, 3.05) is 26.7 Å². The number of nitrogens with zero attached hydrogens (tertiary/aromatic N) is 2. The monoisotopic (exact) mass is 340 g/mol. The number of H-pyrrole nitrogens is 1. The van der Waals surface area contributed by atoms with E-state index in [1.165, 1.54) is 5.56 Å². The van der Waals surface area contributed by atoms with Gasteiger partial charge in [0.15, 0.2) is 0 Å². The summed E-state index contributed by atoms with van der Waals surface area (Å²) in [6, 6.07) is 8.16. The molecule has 1 saturated heterocycles. The number of hydrogen-bond donors (Lipinski definition) is 2. The molecule has 132 valence electrons. The molecule has 2 aromatic rings. The first kappa shape index (κ1) is 16.3. The summed E-state index contributed by atoms with van der Waals surface area (Å²) in [7, 11) is 1.68. The number of rotatable bonds is 4. The Labute approximate surface area is 147 Å². The standard InChI is InChI=1S/C19H24N4O2/c1-25-15-4-2-13(3-5-15)11-23-9-7-16-17(12-23)21-18(22-19(16)24)14-6-8-20-10-14/h2-5,14,20H,6-12H2,1H3,(H,21,22,24)/t14-/m0/s1. The first-order valence-corrected chi connectivity index (χ1v) is 8.91. The van der Waals surface area contributed by atoms with Crippen molar-refractivity contribution in [2.45, 2.75) is 31.8 Å². The van der Waals surface area contributed by atoms with Crippen LogP contribution in [0.1, 0.15) is 35.0 Å². The molecule has 2 aliphatic rings. The van der Waals surface area contributed by atoms with Crippen molar-refractivity contribution in [3.05, 3.63) is 57.3 Å². The Morgan fingerprint density at radius 2 is 2.16 bits per heavy atom. The summed E-state index contributed by atoms with van der Waals surface area (Å²) in [5.74, 6) is 2.05. The van der Waals surface area contributed by atoms with Crippen molar-refractivity contribution in [1.82, 2.24) is 20.2 Å². The molecule has 3 heterocycles. The Morgan fingerprint density at radius 1 is 1.32 bits per heavy atom. The summed E-state index contributed by atoms with van der Waals surface area (Å²) in [6.07, 6.45) is 1.80. The summed E-state index contributed by atoms with van der Waals surface area (Å²) in [5, 5.41) is 3.34. The summed E-state index contributed by atoms with van der Waals surface area (Å²) < 4.78 is 5.21. The summed E-state index contributed by atoms with van der Waals surface area (Å²) in [4.78, 5) is 22.6. The fraction of sp³-hybridized carbons (Fsp3) is 0.474. The van der Waals surface area contributed by atoms with Gasteiger partial charge >= 0.3 is 0 Å². The van der Waals surface area contributed by atoms with Crippen LogP contribution >= 0.6 is 0 Å². The normalized spacial score (nSPS) is 20.4. The molecule has 0 spiro atoms. The number of hydrogen-bond acceptors (Lipinski definition) is 5. The third kappa shape index (κ3) is 3.45. The molecule has 6 heteroatoms. The topological polar surface area (TPSA) is 70.2 Å². The zero-order chi connectivity index (χ0) is 17.2. The largest absolute Gasteiger partial charge is 0.497 e. The fourth-order valence-electron chi connectivity index (χ4n) is 3.72. The van der Waals surface area contributed by atoms with Crippen molar-refractivity contribution < 1.29 is 4.74 Å². The Bertz CT molecular complexity index is 794. The average Bonchev–Trinajstić information content (AvgIpc) is 3.17. The van der Waals surface area contributed by atoms with E-state index < -0.39 is 0 Å². The Hall–Kier alpha value is -2.18. The minimum atomic E-state index is 0.0518. The van der Waals surface area contributed by atoms with Crippen LogP contribution in [0.4, 0.5) is 0 Å².